The van der Waals surface area contributed by atoms with Gasteiger partial charge >= 0.3 is 0 Å². The van der Waals surface area contributed by atoms with Crippen LogP contribution in [0.4, 0.5) is 0 Å². The minimum atomic E-state index is 0. The first-order chi connectivity index (χ1) is 13.2. The Kier molecular flexibility index (Phi) is 8.79. The minimum Gasteiger partial charge on any atom is -0.392 e. The van der Waals surface area contributed by atoms with Gasteiger partial charge in [-0.25, -0.2) is 4.99 Å². The number of hydrogen-bond donors (Lipinski definition) is 4. The molecule has 3 aromatic rings. The molecule has 3 rings (SSSR count). The van der Waals surface area contributed by atoms with E-state index in [4.69, 9.17) is 0 Å². The summed E-state index contributed by atoms with van der Waals surface area (Å²) in [5, 5.41) is 17.5. The highest BCUT2D eigenvalue weighted by Crippen LogP contribution is 2.22. The molecule has 0 amide bonds. The number of aromatic nitrogens is 1. The summed E-state index contributed by atoms with van der Waals surface area (Å²) in [4.78, 5) is 8.02. The van der Waals surface area contributed by atoms with Gasteiger partial charge in [0.2, 0.25) is 0 Å². The maximum atomic E-state index is 9.46. The SMILES string of the molecule is CCNC(=NCc1ccccc1CO)NCCc1c[nH]c2cccc(C)c12.I. The third kappa shape index (κ3) is 5.48. The third-order valence-corrected chi connectivity index (χ3v) is 4.72. The Morgan fingerprint density at radius 3 is 2.57 bits per heavy atom. The fourth-order valence-corrected chi connectivity index (χ4v) is 3.34. The normalized spacial score (nSPS) is 11.3. The van der Waals surface area contributed by atoms with Crippen molar-refractivity contribution in [2.45, 2.75) is 33.4 Å². The number of aliphatic hydroxyl groups is 1. The molecule has 4 N–H and O–H groups in total. The molecule has 2 aromatic carbocycles. The van der Waals surface area contributed by atoms with Crippen molar-refractivity contribution < 1.29 is 5.11 Å². The standard InChI is InChI=1S/C22H28N4O.HI/c1-3-23-22(26-13-17-8-4-5-9-19(17)15-27)24-12-11-18-14-25-20-10-6-7-16(2)21(18)20;/h4-10,14,25,27H,3,11-13,15H2,1-2H3,(H2,23,24,26);1H. The number of fused-ring (bicyclic) bond motifs is 1. The molecular formula is C22H29IN4O. The second kappa shape index (κ2) is 11.1. The molecule has 28 heavy (non-hydrogen) atoms. The van der Waals surface area contributed by atoms with Crippen LogP contribution in [-0.2, 0) is 19.6 Å². The molecule has 0 bridgehead atoms. The second-order valence-electron chi connectivity index (χ2n) is 6.61. The van der Waals surface area contributed by atoms with Crippen molar-refractivity contribution >= 4 is 40.8 Å². The molecular weight excluding hydrogens is 463 g/mol. The Hall–Kier alpha value is -2.06. The second-order valence-corrected chi connectivity index (χ2v) is 6.61. The van der Waals surface area contributed by atoms with Gasteiger partial charge < -0.3 is 20.7 Å². The van der Waals surface area contributed by atoms with Gasteiger partial charge in [-0.3, -0.25) is 0 Å². The largest absolute Gasteiger partial charge is 0.392 e. The lowest BCUT2D eigenvalue weighted by Crippen LogP contribution is -2.38. The number of guanidine groups is 1. The van der Waals surface area contributed by atoms with Crippen LogP contribution in [0.3, 0.4) is 0 Å². The smallest absolute Gasteiger partial charge is 0.191 e. The van der Waals surface area contributed by atoms with E-state index in [0.717, 1.165) is 36.6 Å². The number of aromatic amines is 1. The van der Waals surface area contributed by atoms with E-state index in [0.29, 0.717) is 6.54 Å². The first kappa shape index (κ1) is 22.2. The molecule has 0 saturated heterocycles. The number of halogens is 1. The van der Waals surface area contributed by atoms with Crippen molar-refractivity contribution in [3.8, 4) is 0 Å². The lowest BCUT2D eigenvalue weighted by Gasteiger charge is -2.12. The van der Waals surface area contributed by atoms with Crippen LogP contribution in [0.25, 0.3) is 10.9 Å². The average molecular weight is 492 g/mol. The van der Waals surface area contributed by atoms with Crippen LogP contribution in [0, 0.1) is 6.92 Å². The molecule has 0 saturated carbocycles. The van der Waals surface area contributed by atoms with E-state index in [-0.39, 0.29) is 30.6 Å². The predicted octanol–water partition coefficient (Wildman–Crippen LogP) is 3.88. The molecule has 0 aliphatic heterocycles. The number of aliphatic imine (C=N–C) groups is 1. The maximum Gasteiger partial charge on any atom is 0.191 e. The van der Waals surface area contributed by atoms with Gasteiger partial charge in [0.15, 0.2) is 5.96 Å². The van der Waals surface area contributed by atoms with Crippen molar-refractivity contribution in [1.82, 2.24) is 15.6 Å². The zero-order chi connectivity index (χ0) is 19.1. The summed E-state index contributed by atoms with van der Waals surface area (Å²) in [6.07, 6.45) is 3.02. The van der Waals surface area contributed by atoms with Gasteiger partial charge in [0.25, 0.3) is 0 Å². The summed E-state index contributed by atoms with van der Waals surface area (Å²) in [6, 6.07) is 14.2. The highest BCUT2D eigenvalue weighted by atomic mass is 127. The van der Waals surface area contributed by atoms with Crippen LogP contribution in [0.1, 0.15) is 29.2 Å². The molecule has 5 nitrogen and oxygen atoms in total. The molecule has 1 aromatic heterocycles. The highest BCUT2D eigenvalue weighted by molar-refractivity contribution is 14.0. The first-order valence-corrected chi connectivity index (χ1v) is 9.48. The van der Waals surface area contributed by atoms with Crippen molar-refractivity contribution in [3.63, 3.8) is 0 Å². The van der Waals surface area contributed by atoms with Gasteiger partial charge in [-0.15, -0.1) is 24.0 Å². The van der Waals surface area contributed by atoms with Crippen LogP contribution in [0.5, 0.6) is 0 Å². The third-order valence-electron chi connectivity index (χ3n) is 4.72. The number of aryl methyl sites for hydroxylation is 1. The summed E-state index contributed by atoms with van der Waals surface area (Å²) in [5.41, 5.74) is 5.77. The Labute approximate surface area is 183 Å². The number of benzene rings is 2. The molecule has 0 atom stereocenters. The number of nitrogens with zero attached hydrogens (tertiary/aromatic N) is 1. The number of hydrogen-bond acceptors (Lipinski definition) is 2. The van der Waals surface area contributed by atoms with E-state index < -0.39 is 0 Å². The number of nitrogens with one attached hydrogen (secondary N) is 3. The van der Waals surface area contributed by atoms with E-state index in [1.807, 2.05) is 24.3 Å². The van der Waals surface area contributed by atoms with Crippen LogP contribution < -0.4 is 10.6 Å². The van der Waals surface area contributed by atoms with Crippen molar-refractivity contribution in [3.05, 3.63) is 70.9 Å². The van der Waals surface area contributed by atoms with Gasteiger partial charge in [-0.1, -0.05) is 36.4 Å². The summed E-state index contributed by atoms with van der Waals surface area (Å²) in [6.45, 7) is 6.39. The van der Waals surface area contributed by atoms with Gasteiger partial charge in [0, 0.05) is 30.2 Å². The van der Waals surface area contributed by atoms with Crippen molar-refractivity contribution in [1.29, 1.82) is 0 Å². The van der Waals surface area contributed by atoms with Crippen molar-refractivity contribution in [2.75, 3.05) is 13.1 Å². The zero-order valence-electron chi connectivity index (χ0n) is 16.5. The Morgan fingerprint density at radius 2 is 1.82 bits per heavy atom. The fourth-order valence-electron chi connectivity index (χ4n) is 3.34. The predicted molar refractivity (Wildman–Crippen MR) is 127 cm³/mol. The van der Waals surface area contributed by atoms with Gasteiger partial charge in [0.1, 0.15) is 0 Å². The van der Waals surface area contributed by atoms with E-state index in [2.05, 4.69) is 58.9 Å². The minimum absolute atomic E-state index is 0. The molecule has 6 heteroatoms. The van der Waals surface area contributed by atoms with Crippen LogP contribution >= 0.6 is 24.0 Å². The van der Waals surface area contributed by atoms with Crippen LogP contribution in [0.2, 0.25) is 0 Å². The van der Waals surface area contributed by atoms with E-state index >= 15 is 0 Å². The quantitative estimate of drug-likeness (QED) is 0.230. The molecule has 0 spiro atoms. The summed E-state index contributed by atoms with van der Waals surface area (Å²) in [7, 11) is 0. The monoisotopic (exact) mass is 492 g/mol. The lowest BCUT2D eigenvalue weighted by atomic mass is 10.1. The summed E-state index contributed by atoms with van der Waals surface area (Å²) < 4.78 is 0. The van der Waals surface area contributed by atoms with Gasteiger partial charge in [0.05, 0.1) is 13.2 Å². The molecule has 0 aliphatic rings. The van der Waals surface area contributed by atoms with E-state index in [9.17, 15) is 5.11 Å². The van der Waals surface area contributed by atoms with Crippen molar-refractivity contribution in [2.24, 2.45) is 4.99 Å². The Balaban J connectivity index is 0.00000280. The summed E-state index contributed by atoms with van der Waals surface area (Å²) in [5.74, 6) is 0.793. The summed E-state index contributed by atoms with van der Waals surface area (Å²) >= 11 is 0. The first-order valence-electron chi connectivity index (χ1n) is 9.48. The lowest BCUT2D eigenvalue weighted by molar-refractivity contribution is 0.280. The number of rotatable bonds is 7. The Morgan fingerprint density at radius 1 is 1.04 bits per heavy atom. The molecule has 1 heterocycles. The number of aliphatic hydroxyl groups excluding tert-OH is 1. The molecule has 0 aliphatic carbocycles. The fraction of sp³-hybridized carbons (Fsp3) is 0.318. The van der Waals surface area contributed by atoms with Crippen LogP contribution in [0.15, 0.2) is 53.7 Å². The topological polar surface area (TPSA) is 72.4 Å². The zero-order valence-corrected chi connectivity index (χ0v) is 18.8. The molecule has 0 fully saturated rings. The van der Waals surface area contributed by atoms with E-state index in [1.165, 1.54) is 22.0 Å². The van der Waals surface area contributed by atoms with Crippen LogP contribution in [-0.4, -0.2) is 29.1 Å². The molecule has 150 valence electrons. The van der Waals surface area contributed by atoms with E-state index in [1.54, 1.807) is 0 Å². The van der Waals surface area contributed by atoms with Gasteiger partial charge in [-0.2, -0.15) is 0 Å². The highest BCUT2D eigenvalue weighted by Gasteiger charge is 2.06. The molecule has 0 unspecified atom stereocenters. The Bertz CT molecular complexity index is 920. The van der Waals surface area contributed by atoms with Gasteiger partial charge in [-0.05, 0) is 48.6 Å². The maximum absolute atomic E-state index is 9.46. The average Bonchev–Trinajstić information content (AvgIpc) is 3.11. The molecule has 0 radical (unpaired) electrons. The number of H-pyrrole nitrogens is 1.